The van der Waals surface area contributed by atoms with Gasteiger partial charge in [0.05, 0.1) is 26.4 Å². The first-order valence-corrected chi connectivity index (χ1v) is 10.1. The summed E-state index contributed by atoms with van der Waals surface area (Å²) in [4.78, 5) is 32.6. The van der Waals surface area contributed by atoms with Crippen LogP contribution in [-0.4, -0.2) is 41.6 Å². The zero-order chi connectivity index (χ0) is 23.2. The lowest BCUT2D eigenvalue weighted by Crippen LogP contribution is -2.31. The first-order chi connectivity index (χ1) is 14.6. The lowest BCUT2D eigenvalue weighted by atomic mass is 10.1. The Morgan fingerprint density at radius 1 is 0.968 bits per heavy atom. The van der Waals surface area contributed by atoms with Crippen molar-refractivity contribution in [2.45, 2.75) is 4.90 Å². The van der Waals surface area contributed by atoms with Crippen molar-refractivity contribution in [2.24, 2.45) is 0 Å². The zero-order valence-corrected chi connectivity index (χ0v) is 16.9. The third-order valence-electron chi connectivity index (χ3n) is 4.00. The zero-order valence-electron chi connectivity index (χ0n) is 16.1. The summed E-state index contributed by atoms with van der Waals surface area (Å²) >= 11 is 0. The normalized spacial score (nSPS) is 11.0. The average Bonchev–Trinajstić information content (AvgIpc) is 2.73. The van der Waals surface area contributed by atoms with Crippen molar-refractivity contribution in [2.75, 3.05) is 18.4 Å². The fourth-order valence-electron chi connectivity index (χ4n) is 2.56. The van der Waals surface area contributed by atoms with Crippen LogP contribution in [0.1, 0.15) is 10.4 Å². The van der Waals surface area contributed by atoms with Crippen LogP contribution in [-0.2, 0) is 10.0 Å². The molecule has 1 N–H and O–H groups in total. The third kappa shape index (κ3) is 5.58. The lowest BCUT2D eigenvalue weighted by Gasteiger charge is -2.19. The quantitative estimate of drug-likeness (QED) is 0.334. The minimum Gasteiger partial charge on any atom is -0.322 e. The van der Waals surface area contributed by atoms with E-state index < -0.39 is 37.2 Å². The van der Waals surface area contributed by atoms with Crippen LogP contribution in [0.4, 0.5) is 17.1 Å². The molecule has 11 nitrogen and oxygen atoms in total. The van der Waals surface area contributed by atoms with Crippen LogP contribution in [0.5, 0.6) is 0 Å². The third-order valence-corrected chi connectivity index (χ3v) is 5.85. The molecule has 0 unspecified atom stereocenters. The summed E-state index contributed by atoms with van der Waals surface area (Å²) in [6, 6.07) is 7.77. The second-order valence-corrected chi connectivity index (χ2v) is 8.07. The molecule has 0 aliphatic carbocycles. The number of benzene rings is 2. The van der Waals surface area contributed by atoms with E-state index in [1.807, 2.05) is 0 Å². The van der Waals surface area contributed by atoms with E-state index >= 15 is 0 Å². The van der Waals surface area contributed by atoms with E-state index in [1.165, 1.54) is 36.4 Å². The standard InChI is InChI=1S/C19H18N4O7S/c1-3-9-21(10-4-2)31(29,30)18-7-5-15(6-8-18)20-19(24)14-11-16(22(25)26)13-17(12-14)23(27)28/h3-8,11-13H,1-2,9-10H2,(H,20,24). The maximum Gasteiger partial charge on any atom is 0.277 e. The first kappa shape index (κ1) is 23.4. The number of hydrogen-bond acceptors (Lipinski definition) is 7. The van der Waals surface area contributed by atoms with Gasteiger partial charge in [-0.2, -0.15) is 4.31 Å². The molecule has 2 aromatic carbocycles. The Hall–Kier alpha value is -3.90. The van der Waals surface area contributed by atoms with E-state index in [9.17, 15) is 33.4 Å². The molecule has 2 rings (SSSR count). The molecule has 12 heteroatoms. The predicted octanol–water partition coefficient (Wildman–Crippen LogP) is 3.12. The highest BCUT2D eigenvalue weighted by Crippen LogP contribution is 2.24. The summed E-state index contributed by atoms with van der Waals surface area (Å²) in [5, 5.41) is 24.4. The first-order valence-electron chi connectivity index (χ1n) is 8.67. The van der Waals surface area contributed by atoms with Crippen molar-refractivity contribution in [3.63, 3.8) is 0 Å². The van der Waals surface area contributed by atoms with Crippen LogP contribution in [0.2, 0.25) is 0 Å². The summed E-state index contributed by atoms with van der Waals surface area (Å²) < 4.78 is 26.5. The molecule has 0 spiro atoms. The number of anilines is 1. The van der Waals surface area contributed by atoms with E-state index in [1.54, 1.807) is 0 Å². The maximum absolute atomic E-state index is 12.7. The largest absolute Gasteiger partial charge is 0.322 e. The topological polar surface area (TPSA) is 153 Å². The van der Waals surface area contributed by atoms with Gasteiger partial charge in [0.25, 0.3) is 17.3 Å². The Morgan fingerprint density at radius 3 is 1.87 bits per heavy atom. The summed E-state index contributed by atoms with van der Waals surface area (Å²) in [7, 11) is -3.82. The van der Waals surface area contributed by atoms with E-state index in [0.29, 0.717) is 0 Å². The smallest absolute Gasteiger partial charge is 0.277 e. The van der Waals surface area contributed by atoms with Crippen molar-refractivity contribution in [3.05, 3.63) is 93.6 Å². The number of non-ortho nitro benzene ring substituents is 2. The fourth-order valence-corrected chi connectivity index (χ4v) is 3.94. The van der Waals surface area contributed by atoms with Gasteiger partial charge in [0, 0.05) is 30.9 Å². The van der Waals surface area contributed by atoms with Gasteiger partial charge in [-0.15, -0.1) is 13.2 Å². The van der Waals surface area contributed by atoms with E-state index in [4.69, 9.17) is 0 Å². The van der Waals surface area contributed by atoms with E-state index in [2.05, 4.69) is 18.5 Å². The second kappa shape index (κ2) is 9.73. The molecule has 0 radical (unpaired) electrons. The number of sulfonamides is 1. The van der Waals surface area contributed by atoms with Crippen molar-refractivity contribution < 1.29 is 23.1 Å². The van der Waals surface area contributed by atoms with Gasteiger partial charge in [-0.3, -0.25) is 25.0 Å². The Bertz CT molecular complexity index is 1100. The number of nitro groups is 2. The van der Waals surface area contributed by atoms with Gasteiger partial charge in [0.1, 0.15) is 0 Å². The lowest BCUT2D eigenvalue weighted by molar-refractivity contribution is -0.394. The average molecular weight is 446 g/mol. The summed E-state index contributed by atoms with van der Waals surface area (Å²) in [5.41, 5.74) is -1.31. The van der Waals surface area contributed by atoms with Gasteiger partial charge in [-0.1, -0.05) is 12.2 Å². The molecule has 162 valence electrons. The summed E-state index contributed by atoms with van der Waals surface area (Å²) in [6.07, 6.45) is 2.88. The van der Waals surface area contributed by atoms with Crippen LogP contribution in [0.15, 0.2) is 72.7 Å². The maximum atomic E-state index is 12.7. The van der Waals surface area contributed by atoms with Crippen LogP contribution in [0.3, 0.4) is 0 Å². The molecule has 0 aliphatic rings. The Morgan fingerprint density at radius 2 is 1.45 bits per heavy atom. The number of amides is 1. The minimum atomic E-state index is -3.82. The van der Waals surface area contributed by atoms with Crippen molar-refractivity contribution in [1.82, 2.24) is 4.31 Å². The molecule has 1 amide bonds. The van der Waals surface area contributed by atoms with Gasteiger partial charge >= 0.3 is 0 Å². The minimum absolute atomic E-state index is 0.0276. The molecule has 0 bridgehead atoms. The van der Waals surface area contributed by atoms with E-state index in [-0.39, 0.29) is 29.2 Å². The molecule has 0 aliphatic heterocycles. The van der Waals surface area contributed by atoms with Gasteiger partial charge in [-0.05, 0) is 24.3 Å². The van der Waals surface area contributed by atoms with Crippen LogP contribution < -0.4 is 5.32 Å². The van der Waals surface area contributed by atoms with Crippen molar-refractivity contribution in [3.8, 4) is 0 Å². The molecule has 0 heterocycles. The Balaban J connectivity index is 2.28. The molecule has 0 atom stereocenters. The van der Waals surface area contributed by atoms with Gasteiger partial charge in [0.2, 0.25) is 10.0 Å². The number of nitrogens with one attached hydrogen (secondary N) is 1. The number of hydrogen-bond donors (Lipinski definition) is 1. The van der Waals surface area contributed by atoms with Crippen molar-refractivity contribution >= 4 is 33.0 Å². The van der Waals surface area contributed by atoms with Gasteiger partial charge in [0.15, 0.2) is 0 Å². The fraction of sp³-hybridized carbons (Fsp3) is 0.105. The van der Waals surface area contributed by atoms with Crippen LogP contribution in [0.25, 0.3) is 0 Å². The molecule has 0 aromatic heterocycles. The van der Waals surface area contributed by atoms with Crippen LogP contribution >= 0.6 is 0 Å². The SMILES string of the molecule is C=CCN(CC=C)S(=O)(=O)c1ccc(NC(=O)c2cc([N+](=O)[O-])cc([N+](=O)[O-])c2)cc1. The highest BCUT2D eigenvalue weighted by Gasteiger charge is 2.23. The molecular weight excluding hydrogens is 428 g/mol. The highest BCUT2D eigenvalue weighted by atomic mass is 32.2. The molecule has 0 saturated heterocycles. The Kier molecular flexibility index (Phi) is 7.34. The summed E-state index contributed by atoms with van der Waals surface area (Å²) in [5.74, 6) is -0.831. The number of carbonyl (C=O) groups is 1. The number of carbonyl (C=O) groups excluding carboxylic acids is 1. The second-order valence-electron chi connectivity index (χ2n) is 6.13. The Labute approximate surface area is 177 Å². The van der Waals surface area contributed by atoms with Crippen molar-refractivity contribution in [1.29, 1.82) is 0 Å². The molecule has 2 aromatic rings. The molecule has 0 fully saturated rings. The number of rotatable bonds is 10. The molecule has 31 heavy (non-hydrogen) atoms. The van der Waals surface area contributed by atoms with E-state index in [0.717, 1.165) is 22.5 Å². The van der Waals surface area contributed by atoms with Crippen LogP contribution in [0, 0.1) is 20.2 Å². The number of nitrogens with zero attached hydrogens (tertiary/aromatic N) is 3. The molecular formula is C19H18N4O7S. The van der Waals surface area contributed by atoms with Gasteiger partial charge < -0.3 is 5.32 Å². The monoisotopic (exact) mass is 446 g/mol. The predicted molar refractivity (Wildman–Crippen MR) is 113 cm³/mol. The molecule has 0 saturated carbocycles. The van der Waals surface area contributed by atoms with Gasteiger partial charge in [-0.25, -0.2) is 8.42 Å². The highest BCUT2D eigenvalue weighted by molar-refractivity contribution is 7.89. The number of nitro benzene ring substituents is 2. The summed E-state index contributed by atoms with van der Waals surface area (Å²) in [6.45, 7) is 7.22.